The SMILES string of the molecule is COc1cccc2c1OCC(Nc1ncnc(N)c1Cl)C2. The molecule has 0 fully saturated rings. The number of anilines is 2. The summed E-state index contributed by atoms with van der Waals surface area (Å²) in [7, 11) is 1.63. The molecule has 1 aliphatic rings. The zero-order valence-corrected chi connectivity index (χ0v) is 12.2. The molecule has 2 heterocycles. The molecule has 0 saturated heterocycles. The van der Waals surface area contributed by atoms with E-state index in [1.807, 2.05) is 18.2 Å². The van der Waals surface area contributed by atoms with Crippen LogP contribution >= 0.6 is 11.6 Å². The van der Waals surface area contributed by atoms with Crippen LogP contribution in [0.2, 0.25) is 5.02 Å². The average Bonchev–Trinajstić information content (AvgIpc) is 2.51. The number of methoxy groups -OCH3 is 1. The average molecular weight is 307 g/mol. The number of fused-ring (bicyclic) bond motifs is 1. The number of halogens is 1. The first-order valence-corrected chi connectivity index (χ1v) is 6.88. The van der Waals surface area contributed by atoms with Crippen molar-refractivity contribution in [2.24, 2.45) is 0 Å². The summed E-state index contributed by atoms with van der Waals surface area (Å²) >= 11 is 6.09. The van der Waals surface area contributed by atoms with E-state index < -0.39 is 0 Å². The molecule has 6 nitrogen and oxygen atoms in total. The highest BCUT2D eigenvalue weighted by molar-refractivity contribution is 6.35. The number of nitrogens with two attached hydrogens (primary N) is 1. The van der Waals surface area contributed by atoms with Crippen LogP contribution in [0.1, 0.15) is 5.56 Å². The van der Waals surface area contributed by atoms with Crippen LogP contribution in [0.4, 0.5) is 11.6 Å². The molecular weight excluding hydrogens is 292 g/mol. The van der Waals surface area contributed by atoms with Crippen molar-refractivity contribution in [3.8, 4) is 11.5 Å². The van der Waals surface area contributed by atoms with Gasteiger partial charge in [-0.25, -0.2) is 9.97 Å². The fourth-order valence-corrected chi connectivity index (χ4v) is 2.48. The van der Waals surface area contributed by atoms with Gasteiger partial charge in [0.15, 0.2) is 17.3 Å². The minimum Gasteiger partial charge on any atom is -0.493 e. The van der Waals surface area contributed by atoms with Gasteiger partial charge in [0.1, 0.15) is 23.8 Å². The van der Waals surface area contributed by atoms with Crippen LogP contribution in [-0.4, -0.2) is 29.7 Å². The number of ether oxygens (including phenoxy) is 2. The first-order valence-electron chi connectivity index (χ1n) is 6.50. The van der Waals surface area contributed by atoms with Crippen molar-refractivity contribution in [2.75, 3.05) is 24.8 Å². The fraction of sp³-hybridized carbons (Fsp3) is 0.286. The molecule has 1 atom stereocenters. The zero-order chi connectivity index (χ0) is 14.8. The number of nitrogens with one attached hydrogen (secondary N) is 1. The molecule has 1 aromatic carbocycles. The molecule has 3 rings (SSSR count). The number of para-hydroxylation sites is 1. The molecule has 0 saturated carbocycles. The first kappa shape index (κ1) is 13.8. The van der Waals surface area contributed by atoms with E-state index in [1.54, 1.807) is 7.11 Å². The number of aromatic nitrogens is 2. The fourth-order valence-electron chi connectivity index (χ4n) is 2.33. The van der Waals surface area contributed by atoms with Crippen molar-refractivity contribution < 1.29 is 9.47 Å². The summed E-state index contributed by atoms with van der Waals surface area (Å²) in [6.45, 7) is 0.494. The second kappa shape index (κ2) is 5.65. The quantitative estimate of drug-likeness (QED) is 0.904. The lowest BCUT2D eigenvalue weighted by atomic mass is 10.0. The Kier molecular flexibility index (Phi) is 3.70. The van der Waals surface area contributed by atoms with Gasteiger partial charge in [-0.05, 0) is 12.5 Å². The predicted octanol–water partition coefficient (Wildman–Crippen LogP) is 2.14. The van der Waals surface area contributed by atoms with Crippen molar-refractivity contribution in [2.45, 2.75) is 12.5 Å². The topological polar surface area (TPSA) is 82.3 Å². The van der Waals surface area contributed by atoms with Gasteiger partial charge in [0.2, 0.25) is 0 Å². The maximum atomic E-state index is 6.09. The summed E-state index contributed by atoms with van der Waals surface area (Å²) < 4.78 is 11.1. The Balaban J connectivity index is 1.79. The van der Waals surface area contributed by atoms with Crippen molar-refractivity contribution >= 4 is 23.2 Å². The Morgan fingerprint density at radius 1 is 1.43 bits per heavy atom. The number of benzene rings is 1. The Labute approximate surface area is 127 Å². The van der Waals surface area contributed by atoms with Gasteiger partial charge >= 0.3 is 0 Å². The highest BCUT2D eigenvalue weighted by atomic mass is 35.5. The van der Waals surface area contributed by atoms with E-state index >= 15 is 0 Å². The molecule has 0 aliphatic carbocycles. The van der Waals surface area contributed by atoms with Crippen LogP contribution in [0, 0.1) is 0 Å². The van der Waals surface area contributed by atoms with Crippen LogP contribution in [0.5, 0.6) is 11.5 Å². The normalized spacial score (nSPS) is 16.8. The van der Waals surface area contributed by atoms with Crippen LogP contribution < -0.4 is 20.5 Å². The minimum absolute atomic E-state index is 0.0522. The Morgan fingerprint density at radius 3 is 3.10 bits per heavy atom. The van der Waals surface area contributed by atoms with Crippen molar-refractivity contribution in [1.82, 2.24) is 9.97 Å². The Hall–Kier alpha value is -2.21. The monoisotopic (exact) mass is 306 g/mol. The van der Waals surface area contributed by atoms with Gasteiger partial charge in [0.25, 0.3) is 0 Å². The van der Waals surface area contributed by atoms with Crippen LogP contribution in [0.3, 0.4) is 0 Å². The third-order valence-electron chi connectivity index (χ3n) is 3.33. The third-order valence-corrected chi connectivity index (χ3v) is 3.71. The van der Waals surface area contributed by atoms with E-state index in [1.165, 1.54) is 6.33 Å². The molecular formula is C14H15ClN4O2. The maximum Gasteiger partial charge on any atom is 0.164 e. The van der Waals surface area contributed by atoms with Crippen molar-refractivity contribution in [3.05, 3.63) is 35.1 Å². The van der Waals surface area contributed by atoms with Gasteiger partial charge in [0, 0.05) is 5.56 Å². The van der Waals surface area contributed by atoms with Crippen LogP contribution in [0.25, 0.3) is 0 Å². The van der Waals surface area contributed by atoms with Gasteiger partial charge < -0.3 is 20.5 Å². The van der Waals surface area contributed by atoms with Gasteiger partial charge in [-0.1, -0.05) is 23.7 Å². The molecule has 7 heteroatoms. The number of hydrogen-bond donors (Lipinski definition) is 2. The Bertz CT molecular complexity index is 665. The lowest BCUT2D eigenvalue weighted by Gasteiger charge is -2.27. The van der Waals surface area contributed by atoms with E-state index in [0.717, 1.165) is 23.5 Å². The van der Waals surface area contributed by atoms with E-state index in [-0.39, 0.29) is 11.9 Å². The van der Waals surface area contributed by atoms with Crippen LogP contribution in [0.15, 0.2) is 24.5 Å². The third kappa shape index (κ3) is 2.67. The van der Waals surface area contributed by atoms with Crippen LogP contribution in [-0.2, 0) is 6.42 Å². The lowest BCUT2D eigenvalue weighted by Crippen LogP contribution is -2.33. The van der Waals surface area contributed by atoms with E-state index in [2.05, 4.69) is 15.3 Å². The number of rotatable bonds is 3. The largest absolute Gasteiger partial charge is 0.493 e. The summed E-state index contributed by atoms with van der Waals surface area (Å²) in [4.78, 5) is 7.95. The molecule has 1 aromatic heterocycles. The van der Waals surface area contributed by atoms with Gasteiger partial charge in [0.05, 0.1) is 13.2 Å². The predicted molar refractivity (Wildman–Crippen MR) is 81.1 cm³/mol. The molecule has 21 heavy (non-hydrogen) atoms. The molecule has 0 radical (unpaired) electrons. The first-order chi connectivity index (χ1) is 10.2. The molecule has 110 valence electrons. The highest BCUT2D eigenvalue weighted by Gasteiger charge is 2.23. The summed E-state index contributed by atoms with van der Waals surface area (Å²) in [6, 6.07) is 5.89. The van der Waals surface area contributed by atoms with Gasteiger partial charge in [-0.2, -0.15) is 0 Å². The Morgan fingerprint density at radius 2 is 2.29 bits per heavy atom. The standard InChI is InChI=1S/C14H15ClN4O2/c1-20-10-4-2-3-8-5-9(6-21-12(8)10)19-14-11(15)13(16)17-7-18-14/h2-4,7,9H,5-6H2,1H3,(H3,16,17,18,19). The second-order valence-corrected chi connectivity index (χ2v) is 5.10. The lowest BCUT2D eigenvalue weighted by molar-refractivity contribution is 0.256. The molecule has 0 amide bonds. The summed E-state index contributed by atoms with van der Waals surface area (Å²) in [6.07, 6.45) is 2.16. The second-order valence-electron chi connectivity index (χ2n) is 4.73. The molecule has 3 N–H and O–H groups in total. The molecule has 0 bridgehead atoms. The molecule has 1 aliphatic heterocycles. The van der Waals surface area contributed by atoms with Crippen molar-refractivity contribution in [1.29, 1.82) is 0 Å². The van der Waals surface area contributed by atoms with E-state index in [9.17, 15) is 0 Å². The zero-order valence-electron chi connectivity index (χ0n) is 11.5. The summed E-state index contributed by atoms with van der Waals surface area (Å²) in [5, 5.41) is 3.57. The number of nitrogens with zero attached hydrogens (tertiary/aromatic N) is 2. The van der Waals surface area contributed by atoms with Gasteiger partial charge in [-0.15, -0.1) is 0 Å². The smallest absolute Gasteiger partial charge is 0.164 e. The number of nitrogen functional groups attached to an aromatic ring is 1. The number of hydrogen-bond acceptors (Lipinski definition) is 6. The summed E-state index contributed by atoms with van der Waals surface area (Å²) in [5.74, 6) is 2.32. The van der Waals surface area contributed by atoms with E-state index in [4.69, 9.17) is 26.8 Å². The molecule has 2 aromatic rings. The van der Waals surface area contributed by atoms with E-state index in [0.29, 0.717) is 17.4 Å². The van der Waals surface area contributed by atoms with Crippen molar-refractivity contribution in [3.63, 3.8) is 0 Å². The molecule has 0 spiro atoms. The highest BCUT2D eigenvalue weighted by Crippen LogP contribution is 2.35. The maximum absolute atomic E-state index is 6.09. The minimum atomic E-state index is 0.0522. The molecule has 1 unspecified atom stereocenters. The summed E-state index contributed by atoms with van der Waals surface area (Å²) in [5.41, 5.74) is 6.75. The van der Waals surface area contributed by atoms with Gasteiger partial charge in [-0.3, -0.25) is 0 Å².